The van der Waals surface area contributed by atoms with Crippen molar-refractivity contribution in [1.82, 2.24) is 10.2 Å². The summed E-state index contributed by atoms with van der Waals surface area (Å²) >= 11 is 0. The first-order valence-corrected chi connectivity index (χ1v) is 10.3. The number of rotatable bonds is 9. The molecular formula is C22H32N2O4. The molecule has 154 valence electrons. The molecule has 0 bridgehead atoms. The molecule has 28 heavy (non-hydrogen) atoms. The molecule has 0 aliphatic carbocycles. The Morgan fingerprint density at radius 1 is 1.14 bits per heavy atom. The van der Waals surface area contributed by atoms with Crippen molar-refractivity contribution in [2.75, 3.05) is 19.7 Å². The second-order valence-corrected chi connectivity index (χ2v) is 7.40. The summed E-state index contributed by atoms with van der Waals surface area (Å²) in [5, 5.41) is 2.97. The normalized spacial score (nSPS) is 15.7. The number of carbonyl (C=O) groups excluding carboxylic acids is 3. The van der Waals surface area contributed by atoms with Crippen LogP contribution in [0.5, 0.6) is 0 Å². The van der Waals surface area contributed by atoms with Gasteiger partial charge in [0.05, 0.1) is 12.5 Å². The number of ether oxygens (including phenoxy) is 1. The summed E-state index contributed by atoms with van der Waals surface area (Å²) in [5.74, 6) is -0.388. The topological polar surface area (TPSA) is 75.7 Å². The van der Waals surface area contributed by atoms with Crippen molar-refractivity contribution in [3.63, 3.8) is 0 Å². The summed E-state index contributed by atoms with van der Waals surface area (Å²) in [5.41, 5.74) is 1.25. The minimum atomic E-state index is -0.168. The van der Waals surface area contributed by atoms with Crippen LogP contribution in [0.3, 0.4) is 0 Å². The molecule has 1 aromatic carbocycles. The van der Waals surface area contributed by atoms with Gasteiger partial charge in [0.2, 0.25) is 11.8 Å². The highest BCUT2D eigenvalue weighted by Gasteiger charge is 2.28. The summed E-state index contributed by atoms with van der Waals surface area (Å²) in [6.07, 6.45) is 3.45. The Bertz CT molecular complexity index is 639. The fraction of sp³-hybridized carbons (Fsp3) is 0.591. The lowest BCUT2D eigenvalue weighted by molar-refractivity contribution is -0.151. The van der Waals surface area contributed by atoms with Gasteiger partial charge in [-0.25, -0.2) is 0 Å². The molecule has 1 saturated heterocycles. The van der Waals surface area contributed by atoms with Crippen LogP contribution in [0, 0.1) is 5.92 Å². The lowest BCUT2D eigenvalue weighted by atomic mass is 9.96. The van der Waals surface area contributed by atoms with Crippen molar-refractivity contribution in [3.8, 4) is 0 Å². The molecule has 2 amide bonds. The van der Waals surface area contributed by atoms with Gasteiger partial charge < -0.3 is 15.0 Å². The lowest BCUT2D eigenvalue weighted by Crippen LogP contribution is -2.41. The quantitative estimate of drug-likeness (QED) is 0.660. The molecule has 1 aliphatic heterocycles. The first kappa shape index (κ1) is 21.9. The minimum Gasteiger partial charge on any atom is -0.466 e. The van der Waals surface area contributed by atoms with E-state index in [1.165, 1.54) is 5.56 Å². The summed E-state index contributed by atoms with van der Waals surface area (Å²) in [6, 6.07) is 10.3. The fourth-order valence-electron chi connectivity index (χ4n) is 3.45. The SMILES string of the molecule is CCOC(=O)C1CCN(C(=O)CCC(=O)NC(C)CCc2ccccc2)CC1. The smallest absolute Gasteiger partial charge is 0.309 e. The zero-order chi connectivity index (χ0) is 20.4. The molecular weight excluding hydrogens is 356 g/mol. The molecule has 0 aromatic heterocycles. The Hall–Kier alpha value is -2.37. The van der Waals surface area contributed by atoms with Gasteiger partial charge in [-0.05, 0) is 45.1 Å². The Labute approximate surface area is 167 Å². The third-order valence-corrected chi connectivity index (χ3v) is 5.15. The van der Waals surface area contributed by atoms with Gasteiger partial charge in [-0.1, -0.05) is 30.3 Å². The highest BCUT2D eigenvalue weighted by Crippen LogP contribution is 2.19. The van der Waals surface area contributed by atoms with E-state index in [4.69, 9.17) is 4.74 Å². The third kappa shape index (κ3) is 7.33. The highest BCUT2D eigenvalue weighted by atomic mass is 16.5. The lowest BCUT2D eigenvalue weighted by Gasteiger charge is -2.31. The van der Waals surface area contributed by atoms with Crippen LogP contribution in [0.1, 0.15) is 51.5 Å². The number of piperidine rings is 1. The maximum absolute atomic E-state index is 12.3. The number of amides is 2. The van der Waals surface area contributed by atoms with Gasteiger partial charge in [-0.2, -0.15) is 0 Å². The average molecular weight is 389 g/mol. The zero-order valence-corrected chi connectivity index (χ0v) is 17.0. The van der Waals surface area contributed by atoms with Crippen molar-refractivity contribution in [1.29, 1.82) is 0 Å². The molecule has 6 heteroatoms. The van der Waals surface area contributed by atoms with E-state index in [0.717, 1.165) is 12.8 Å². The summed E-state index contributed by atoms with van der Waals surface area (Å²) < 4.78 is 5.05. The predicted molar refractivity (Wildman–Crippen MR) is 108 cm³/mol. The second-order valence-electron chi connectivity index (χ2n) is 7.40. The number of likely N-dealkylation sites (tertiary alicyclic amines) is 1. The van der Waals surface area contributed by atoms with Crippen molar-refractivity contribution in [2.24, 2.45) is 5.92 Å². The summed E-state index contributed by atoms with van der Waals surface area (Å²) in [7, 11) is 0. The number of hydrogen-bond acceptors (Lipinski definition) is 4. The van der Waals surface area contributed by atoms with Gasteiger partial charge in [-0.15, -0.1) is 0 Å². The van der Waals surface area contributed by atoms with Crippen LogP contribution in [-0.2, 0) is 25.5 Å². The number of nitrogens with zero attached hydrogens (tertiary/aromatic N) is 1. The standard InChI is InChI=1S/C22H32N2O4/c1-3-28-22(27)19-13-15-24(16-14-19)21(26)12-11-20(25)23-17(2)9-10-18-7-5-4-6-8-18/h4-8,17,19H,3,9-16H2,1-2H3,(H,23,25). The van der Waals surface area contributed by atoms with Gasteiger partial charge in [-0.3, -0.25) is 14.4 Å². The maximum atomic E-state index is 12.3. The first-order valence-electron chi connectivity index (χ1n) is 10.3. The molecule has 1 atom stereocenters. The molecule has 1 unspecified atom stereocenters. The summed E-state index contributed by atoms with van der Waals surface area (Å²) in [6.45, 7) is 5.28. The molecule has 1 fully saturated rings. The van der Waals surface area contributed by atoms with Gasteiger partial charge in [0, 0.05) is 32.0 Å². The van der Waals surface area contributed by atoms with E-state index in [9.17, 15) is 14.4 Å². The average Bonchev–Trinajstić information content (AvgIpc) is 2.71. The van der Waals surface area contributed by atoms with E-state index in [1.807, 2.05) is 25.1 Å². The molecule has 6 nitrogen and oxygen atoms in total. The number of hydrogen-bond donors (Lipinski definition) is 1. The monoisotopic (exact) mass is 388 g/mol. The van der Waals surface area contributed by atoms with Gasteiger partial charge in [0.1, 0.15) is 0 Å². The Morgan fingerprint density at radius 2 is 1.82 bits per heavy atom. The number of carbonyl (C=O) groups is 3. The van der Waals surface area contributed by atoms with Gasteiger partial charge >= 0.3 is 5.97 Å². The maximum Gasteiger partial charge on any atom is 0.309 e. The third-order valence-electron chi connectivity index (χ3n) is 5.15. The van der Waals surface area contributed by atoms with E-state index in [0.29, 0.717) is 32.5 Å². The summed E-state index contributed by atoms with van der Waals surface area (Å²) in [4.78, 5) is 38.0. The van der Waals surface area contributed by atoms with E-state index >= 15 is 0 Å². The van der Waals surface area contributed by atoms with Crippen LogP contribution in [0.2, 0.25) is 0 Å². The highest BCUT2D eigenvalue weighted by molar-refractivity contribution is 5.84. The number of esters is 1. The molecule has 0 saturated carbocycles. The second kappa shape index (κ2) is 11.5. The molecule has 0 radical (unpaired) electrons. The fourth-order valence-corrected chi connectivity index (χ4v) is 3.45. The van der Waals surface area contributed by atoms with E-state index < -0.39 is 0 Å². The van der Waals surface area contributed by atoms with Crippen LogP contribution in [0.25, 0.3) is 0 Å². The first-order chi connectivity index (χ1) is 13.5. The molecule has 1 N–H and O–H groups in total. The number of benzene rings is 1. The van der Waals surface area contributed by atoms with Crippen LogP contribution in [0.15, 0.2) is 30.3 Å². The van der Waals surface area contributed by atoms with E-state index in [2.05, 4.69) is 17.4 Å². The number of aryl methyl sites for hydroxylation is 1. The Balaban J connectivity index is 1.63. The van der Waals surface area contributed by atoms with Gasteiger partial charge in [0.15, 0.2) is 0 Å². The predicted octanol–water partition coefficient (Wildman–Crippen LogP) is 2.71. The van der Waals surface area contributed by atoms with Crippen LogP contribution in [0.4, 0.5) is 0 Å². The Morgan fingerprint density at radius 3 is 2.46 bits per heavy atom. The van der Waals surface area contributed by atoms with Crippen LogP contribution in [-0.4, -0.2) is 48.4 Å². The number of nitrogens with one attached hydrogen (secondary N) is 1. The van der Waals surface area contributed by atoms with Gasteiger partial charge in [0.25, 0.3) is 0 Å². The van der Waals surface area contributed by atoms with Crippen LogP contribution >= 0.6 is 0 Å². The Kier molecular flexibility index (Phi) is 8.98. The minimum absolute atomic E-state index is 0.0191. The van der Waals surface area contributed by atoms with Crippen LogP contribution < -0.4 is 5.32 Å². The van der Waals surface area contributed by atoms with Crippen molar-refractivity contribution < 1.29 is 19.1 Å². The van der Waals surface area contributed by atoms with E-state index in [1.54, 1.807) is 11.8 Å². The molecule has 1 aliphatic rings. The zero-order valence-electron chi connectivity index (χ0n) is 17.0. The van der Waals surface area contributed by atoms with E-state index in [-0.39, 0.29) is 42.6 Å². The molecule has 0 spiro atoms. The van der Waals surface area contributed by atoms with Crippen molar-refractivity contribution in [3.05, 3.63) is 35.9 Å². The van der Waals surface area contributed by atoms with Crippen molar-refractivity contribution in [2.45, 2.75) is 58.4 Å². The van der Waals surface area contributed by atoms with Crippen molar-refractivity contribution >= 4 is 17.8 Å². The molecule has 1 heterocycles. The molecule has 2 rings (SSSR count). The molecule has 1 aromatic rings. The largest absolute Gasteiger partial charge is 0.466 e.